The van der Waals surface area contributed by atoms with Gasteiger partial charge in [-0.05, 0) is 25.7 Å². The monoisotopic (exact) mass is 270 g/mol. The molecule has 0 aromatic heterocycles. The summed E-state index contributed by atoms with van der Waals surface area (Å²) in [7, 11) is 0. The number of amides is 2. The summed E-state index contributed by atoms with van der Waals surface area (Å²) < 4.78 is 5.65. The molecular weight excluding hydrogens is 248 g/mol. The fourth-order valence-electron chi connectivity index (χ4n) is 2.89. The number of carbonyl (C=O) groups is 2. The number of carboxylic acids is 1. The van der Waals surface area contributed by atoms with E-state index in [1.165, 1.54) is 0 Å². The third kappa shape index (κ3) is 3.59. The van der Waals surface area contributed by atoms with Gasteiger partial charge in [-0.1, -0.05) is 13.3 Å². The van der Waals surface area contributed by atoms with E-state index in [2.05, 4.69) is 10.6 Å². The summed E-state index contributed by atoms with van der Waals surface area (Å²) in [5, 5.41) is 14.5. The van der Waals surface area contributed by atoms with Crippen LogP contribution in [0.1, 0.15) is 39.0 Å². The van der Waals surface area contributed by atoms with Gasteiger partial charge in [-0.25, -0.2) is 4.79 Å². The molecule has 2 fully saturated rings. The van der Waals surface area contributed by atoms with Gasteiger partial charge in [-0.3, -0.25) is 4.79 Å². The Hall–Kier alpha value is -1.30. The molecule has 3 N–H and O–H groups in total. The smallest absolute Gasteiger partial charge is 0.315 e. The van der Waals surface area contributed by atoms with E-state index in [1.54, 1.807) is 0 Å². The first-order valence-electron chi connectivity index (χ1n) is 7.02. The van der Waals surface area contributed by atoms with Gasteiger partial charge in [0.25, 0.3) is 0 Å². The van der Waals surface area contributed by atoms with Crippen LogP contribution in [0.3, 0.4) is 0 Å². The van der Waals surface area contributed by atoms with Crippen molar-refractivity contribution in [1.29, 1.82) is 0 Å². The van der Waals surface area contributed by atoms with Gasteiger partial charge in [0.1, 0.15) is 0 Å². The first-order chi connectivity index (χ1) is 9.10. The largest absolute Gasteiger partial charge is 0.481 e. The Bertz CT molecular complexity index is 348. The van der Waals surface area contributed by atoms with Crippen LogP contribution < -0.4 is 10.6 Å². The molecule has 2 saturated heterocycles. The highest BCUT2D eigenvalue weighted by Crippen LogP contribution is 2.34. The molecule has 0 spiro atoms. The lowest BCUT2D eigenvalue weighted by atomic mass is 9.96. The lowest BCUT2D eigenvalue weighted by molar-refractivity contribution is -0.141. The molecule has 2 aliphatic heterocycles. The molecule has 2 rings (SSSR count). The molecule has 0 aliphatic carbocycles. The third-order valence-corrected chi connectivity index (χ3v) is 3.92. The number of hydrogen-bond acceptors (Lipinski definition) is 3. The number of hydrogen-bond donors (Lipinski definition) is 3. The molecule has 6 heteroatoms. The number of carbonyl (C=O) groups excluding carboxylic acids is 1. The maximum atomic E-state index is 11.7. The summed E-state index contributed by atoms with van der Waals surface area (Å²) in [6.45, 7) is 2.11. The molecule has 108 valence electrons. The molecule has 6 nitrogen and oxygen atoms in total. The molecule has 4 atom stereocenters. The van der Waals surface area contributed by atoms with E-state index in [9.17, 15) is 9.59 Å². The van der Waals surface area contributed by atoms with Gasteiger partial charge in [0.2, 0.25) is 0 Å². The lowest BCUT2D eigenvalue weighted by Crippen LogP contribution is -2.47. The highest BCUT2D eigenvalue weighted by molar-refractivity contribution is 5.76. The topological polar surface area (TPSA) is 87.7 Å². The van der Waals surface area contributed by atoms with E-state index in [4.69, 9.17) is 9.84 Å². The van der Waals surface area contributed by atoms with Crippen LogP contribution in [-0.2, 0) is 9.53 Å². The zero-order chi connectivity index (χ0) is 13.8. The standard InChI is InChI=1S/C13H22N2O4/c1-2-3-8(12(16)17)7-14-13(18)15-10-6-9-4-5-11(10)19-9/h8-11H,2-7H2,1H3,(H,16,17)(H2,14,15,18). The molecule has 19 heavy (non-hydrogen) atoms. The second-order valence-electron chi connectivity index (χ2n) is 5.39. The number of aliphatic carboxylic acids is 1. The highest BCUT2D eigenvalue weighted by atomic mass is 16.5. The van der Waals surface area contributed by atoms with Crippen LogP contribution in [0.2, 0.25) is 0 Å². The molecular formula is C13H22N2O4. The van der Waals surface area contributed by atoms with Crippen LogP contribution in [0.25, 0.3) is 0 Å². The maximum absolute atomic E-state index is 11.7. The Morgan fingerprint density at radius 2 is 2.21 bits per heavy atom. The minimum atomic E-state index is -0.856. The van der Waals surface area contributed by atoms with Gasteiger partial charge in [0.05, 0.1) is 24.2 Å². The number of rotatable bonds is 6. The predicted octanol–water partition coefficient (Wildman–Crippen LogP) is 1.11. The summed E-state index contributed by atoms with van der Waals surface area (Å²) in [6.07, 6.45) is 4.76. The van der Waals surface area contributed by atoms with Crippen molar-refractivity contribution in [1.82, 2.24) is 10.6 Å². The van der Waals surface area contributed by atoms with Crippen molar-refractivity contribution in [3.63, 3.8) is 0 Å². The SMILES string of the molecule is CCCC(CNC(=O)NC1CC2CCC1O2)C(=O)O. The first-order valence-corrected chi connectivity index (χ1v) is 7.02. The van der Waals surface area contributed by atoms with Gasteiger partial charge in [-0.2, -0.15) is 0 Å². The number of ether oxygens (including phenoxy) is 1. The van der Waals surface area contributed by atoms with Gasteiger partial charge in [0.15, 0.2) is 0 Å². The quantitative estimate of drug-likeness (QED) is 0.674. The lowest BCUT2D eigenvalue weighted by Gasteiger charge is -2.21. The Morgan fingerprint density at radius 1 is 1.42 bits per heavy atom. The molecule has 4 unspecified atom stereocenters. The molecule has 2 aliphatic rings. The van der Waals surface area contributed by atoms with Crippen molar-refractivity contribution >= 4 is 12.0 Å². The number of nitrogens with one attached hydrogen (secondary N) is 2. The van der Waals surface area contributed by atoms with Gasteiger partial charge in [0, 0.05) is 6.54 Å². The van der Waals surface area contributed by atoms with Crippen LogP contribution in [-0.4, -0.2) is 41.9 Å². The number of urea groups is 1. The van der Waals surface area contributed by atoms with Crippen molar-refractivity contribution in [3.05, 3.63) is 0 Å². The zero-order valence-corrected chi connectivity index (χ0v) is 11.2. The predicted molar refractivity (Wildman–Crippen MR) is 68.9 cm³/mol. The summed E-state index contributed by atoms with van der Waals surface area (Å²) in [5.74, 6) is -1.36. The van der Waals surface area contributed by atoms with E-state index in [1.807, 2.05) is 6.92 Å². The van der Waals surface area contributed by atoms with Crippen LogP contribution in [0.5, 0.6) is 0 Å². The average Bonchev–Trinajstić information content (AvgIpc) is 2.96. The normalized spacial score (nSPS) is 30.1. The van der Waals surface area contributed by atoms with Crippen molar-refractivity contribution in [2.75, 3.05) is 6.54 Å². The molecule has 0 aromatic rings. The fraction of sp³-hybridized carbons (Fsp3) is 0.846. The van der Waals surface area contributed by atoms with E-state index in [0.29, 0.717) is 12.5 Å². The van der Waals surface area contributed by atoms with Crippen molar-refractivity contribution in [3.8, 4) is 0 Å². The van der Waals surface area contributed by atoms with Gasteiger partial charge < -0.3 is 20.5 Å². The molecule has 2 heterocycles. The Morgan fingerprint density at radius 3 is 2.74 bits per heavy atom. The van der Waals surface area contributed by atoms with E-state index in [-0.39, 0.29) is 24.7 Å². The number of carboxylic acid groups (broad SMARTS) is 1. The van der Waals surface area contributed by atoms with Gasteiger partial charge >= 0.3 is 12.0 Å². The highest BCUT2D eigenvalue weighted by Gasteiger charge is 2.41. The van der Waals surface area contributed by atoms with E-state index < -0.39 is 11.9 Å². The van der Waals surface area contributed by atoms with E-state index >= 15 is 0 Å². The van der Waals surface area contributed by atoms with Crippen LogP contribution >= 0.6 is 0 Å². The Kier molecular flexibility index (Phi) is 4.63. The minimum absolute atomic E-state index is 0.0770. The summed E-state index contributed by atoms with van der Waals surface area (Å²) in [4.78, 5) is 22.7. The first kappa shape index (κ1) is 14.1. The molecule has 2 bridgehead atoms. The van der Waals surface area contributed by atoms with Crippen LogP contribution in [0.4, 0.5) is 4.79 Å². The Labute approximate surface area is 112 Å². The summed E-state index contributed by atoms with van der Waals surface area (Å²) >= 11 is 0. The van der Waals surface area contributed by atoms with Crippen LogP contribution in [0, 0.1) is 5.92 Å². The van der Waals surface area contributed by atoms with Crippen LogP contribution in [0.15, 0.2) is 0 Å². The second kappa shape index (κ2) is 6.23. The maximum Gasteiger partial charge on any atom is 0.315 e. The average molecular weight is 270 g/mol. The fourth-order valence-corrected chi connectivity index (χ4v) is 2.89. The van der Waals surface area contributed by atoms with E-state index in [0.717, 1.165) is 25.7 Å². The van der Waals surface area contributed by atoms with Crippen molar-refractivity contribution in [2.24, 2.45) is 5.92 Å². The second-order valence-corrected chi connectivity index (χ2v) is 5.39. The zero-order valence-electron chi connectivity index (χ0n) is 11.2. The molecule has 0 radical (unpaired) electrons. The third-order valence-electron chi connectivity index (χ3n) is 3.92. The van der Waals surface area contributed by atoms with Gasteiger partial charge in [-0.15, -0.1) is 0 Å². The number of fused-ring (bicyclic) bond motifs is 2. The molecule has 0 saturated carbocycles. The van der Waals surface area contributed by atoms with Crippen molar-refractivity contribution in [2.45, 2.75) is 57.3 Å². The van der Waals surface area contributed by atoms with Crippen molar-refractivity contribution < 1.29 is 19.4 Å². The summed E-state index contributed by atoms with van der Waals surface area (Å²) in [5.41, 5.74) is 0. The molecule has 2 amide bonds. The molecule has 0 aromatic carbocycles. The minimum Gasteiger partial charge on any atom is -0.481 e. The Balaban J connectivity index is 1.70. The summed E-state index contributed by atoms with van der Waals surface area (Å²) in [6, 6.07) is -0.211.